The lowest BCUT2D eigenvalue weighted by Gasteiger charge is -2.07. The van der Waals surface area contributed by atoms with Crippen molar-refractivity contribution in [3.05, 3.63) is 59.4 Å². The van der Waals surface area contributed by atoms with Crippen LogP contribution in [0, 0.1) is 6.92 Å². The lowest BCUT2D eigenvalue weighted by Crippen LogP contribution is -1.99. The number of benzene rings is 1. The first-order valence-electron chi connectivity index (χ1n) is 5.58. The quantitative estimate of drug-likeness (QED) is 0.832. The van der Waals surface area contributed by atoms with Gasteiger partial charge in [0.05, 0.1) is 0 Å². The van der Waals surface area contributed by atoms with Gasteiger partial charge in [-0.25, -0.2) is 0 Å². The van der Waals surface area contributed by atoms with Crippen molar-refractivity contribution in [2.75, 3.05) is 5.32 Å². The third-order valence-electron chi connectivity index (χ3n) is 2.57. The smallest absolute Gasteiger partial charge is 0.0474 e. The van der Waals surface area contributed by atoms with Gasteiger partial charge in [-0.2, -0.15) is 0 Å². The van der Waals surface area contributed by atoms with E-state index in [-0.39, 0.29) is 0 Å². The Hall–Kier alpha value is -1.54. The Morgan fingerprint density at radius 3 is 2.47 bits per heavy atom. The number of aromatic nitrogens is 1. The molecule has 0 amide bonds. The molecular weight excluding hydrogens is 232 g/mol. The Morgan fingerprint density at radius 2 is 1.82 bits per heavy atom. The van der Waals surface area contributed by atoms with Crippen LogP contribution in [0.1, 0.15) is 16.8 Å². The highest BCUT2D eigenvalue weighted by Crippen LogP contribution is 2.11. The number of hydrogen-bond acceptors (Lipinski definition) is 2. The van der Waals surface area contributed by atoms with E-state index in [2.05, 4.69) is 34.6 Å². The number of pyridine rings is 1. The van der Waals surface area contributed by atoms with Gasteiger partial charge in [0.25, 0.3) is 0 Å². The van der Waals surface area contributed by atoms with Gasteiger partial charge in [0.2, 0.25) is 0 Å². The predicted molar refractivity (Wildman–Crippen MR) is 72.3 cm³/mol. The number of halogens is 1. The maximum Gasteiger partial charge on any atom is 0.0474 e. The second-order valence-corrected chi connectivity index (χ2v) is 4.26. The summed E-state index contributed by atoms with van der Waals surface area (Å²) in [6.07, 6.45) is 1.81. The minimum atomic E-state index is 0.567. The van der Waals surface area contributed by atoms with Crippen molar-refractivity contribution < 1.29 is 0 Å². The van der Waals surface area contributed by atoms with Gasteiger partial charge in [0, 0.05) is 30.0 Å². The van der Waals surface area contributed by atoms with Crippen LogP contribution in [0.25, 0.3) is 0 Å². The van der Waals surface area contributed by atoms with Gasteiger partial charge in [-0.1, -0.05) is 24.3 Å². The Bertz CT molecular complexity index is 480. The summed E-state index contributed by atoms with van der Waals surface area (Å²) in [5, 5.41) is 3.37. The Balaban J connectivity index is 1.97. The topological polar surface area (TPSA) is 24.9 Å². The average Bonchev–Trinajstić information content (AvgIpc) is 2.37. The molecule has 1 aromatic heterocycles. The van der Waals surface area contributed by atoms with Crippen molar-refractivity contribution in [2.45, 2.75) is 19.3 Å². The van der Waals surface area contributed by atoms with Crippen LogP contribution in [0.15, 0.2) is 42.6 Å². The number of anilines is 1. The minimum Gasteiger partial charge on any atom is -0.381 e. The maximum absolute atomic E-state index is 5.75. The van der Waals surface area contributed by atoms with E-state index >= 15 is 0 Å². The molecule has 0 radical (unpaired) electrons. The summed E-state index contributed by atoms with van der Waals surface area (Å²) in [6.45, 7) is 2.80. The monoisotopic (exact) mass is 246 g/mol. The first-order chi connectivity index (χ1) is 8.28. The van der Waals surface area contributed by atoms with Crippen molar-refractivity contribution in [3.63, 3.8) is 0 Å². The van der Waals surface area contributed by atoms with Crippen LogP contribution in [-0.4, -0.2) is 4.98 Å². The fourth-order valence-electron chi connectivity index (χ4n) is 1.61. The number of aryl methyl sites for hydroxylation is 1. The molecule has 1 heterocycles. The first-order valence-corrected chi connectivity index (χ1v) is 6.11. The molecule has 1 aromatic carbocycles. The van der Waals surface area contributed by atoms with E-state index in [1.165, 1.54) is 5.56 Å². The number of hydrogen-bond donors (Lipinski definition) is 1. The Labute approximate surface area is 107 Å². The fraction of sp³-hybridized carbons (Fsp3) is 0.214. The minimum absolute atomic E-state index is 0.567. The normalized spacial score (nSPS) is 10.2. The summed E-state index contributed by atoms with van der Waals surface area (Å²) in [7, 11) is 0. The molecule has 17 heavy (non-hydrogen) atoms. The molecule has 88 valence electrons. The van der Waals surface area contributed by atoms with Crippen molar-refractivity contribution >= 4 is 17.3 Å². The van der Waals surface area contributed by atoms with Gasteiger partial charge in [-0.15, -0.1) is 11.6 Å². The molecule has 0 fully saturated rings. The molecule has 0 bridgehead atoms. The average molecular weight is 247 g/mol. The number of alkyl halides is 1. The number of nitrogens with zero attached hydrogens (tertiary/aromatic N) is 1. The summed E-state index contributed by atoms with van der Waals surface area (Å²) in [5.74, 6) is 0.567. The molecule has 2 aromatic rings. The summed E-state index contributed by atoms with van der Waals surface area (Å²) >= 11 is 5.75. The molecule has 2 nitrogen and oxygen atoms in total. The van der Waals surface area contributed by atoms with E-state index in [0.29, 0.717) is 5.88 Å². The zero-order chi connectivity index (χ0) is 12.1. The summed E-state index contributed by atoms with van der Waals surface area (Å²) in [6, 6.07) is 12.3. The number of nitrogens with one attached hydrogen (secondary N) is 1. The molecule has 0 spiro atoms. The highest BCUT2D eigenvalue weighted by Gasteiger charge is 1.96. The molecular formula is C14H15ClN2. The van der Waals surface area contributed by atoms with Gasteiger partial charge in [0.1, 0.15) is 0 Å². The molecule has 0 aliphatic rings. The zero-order valence-electron chi connectivity index (χ0n) is 9.78. The molecule has 1 N–H and O–H groups in total. The largest absolute Gasteiger partial charge is 0.381 e. The van der Waals surface area contributed by atoms with E-state index in [1.807, 2.05) is 25.3 Å². The highest BCUT2D eigenvalue weighted by atomic mass is 35.5. The van der Waals surface area contributed by atoms with Crippen molar-refractivity contribution in [3.8, 4) is 0 Å². The van der Waals surface area contributed by atoms with Gasteiger partial charge in [-0.3, -0.25) is 4.98 Å². The molecule has 2 rings (SSSR count). The van der Waals surface area contributed by atoms with Crippen molar-refractivity contribution in [1.29, 1.82) is 0 Å². The van der Waals surface area contributed by atoms with Crippen molar-refractivity contribution in [2.24, 2.45) is 0 Å². The third kappa shape index (κ3) is 3.46. The van der Waals surface area contributed by atoms with E-state index in [0.717, 1.165) is 23.5 Å². The molecule has 0 atom stereocenters. The van der Waals surface area contributed by atoms with Crippen LogP contribution >= 0.6 is 11.6 Å². The second-order valence-electron chi connectivity index (χ2n) is 3.99. The van der Waals surface area contributed by atoms with Gasteiger partial charge < -0.3 is 5.32 Å². The third-order valence-corrected chi connectivity index (χ3v) is 2.88. The fourth-order valence-corrected chi connectivity index (χ4v) is 1.78. The van der Waals surface area contributed by atoms with Crippen LogP contribution < -0.4 is 5.32 Å². The zero-order valence-corrected chi connectivity index (χ0v) is 10.5. The standard InChI is InChI=1S/C14H15ClN2/c1-11-8-14(6-7-16-11)17-10-13-4-2-12(9-15)3-5-13/h2-8H,9-10H2,1H3,(H,16,17). The molecule has 0 unspecified atom stereocenters. The lowest BCUT2D eigenvalue weighted by atomic mass is 10.1. The number of rotatable bonds is 4. The molecule has 0 aliphatic carbocycles. The highest BCUT2D eigenvalue weighted by molar-refractivity contribution is 6.17. The second kappa shape index (κ2) is 5.69. The van der Waals surface area contributed by atoms with E-state index in [1.54, 1.807) is 0 Å². The van der Waals surface area contributed by atoms with Crippen LogP contribution in [-0.2, 0) is 12.4 Å². The summed E-state index contributed by atoms with van der Waals surface area (Å²) in [5.41, 5.74) is 4.51. The van der Waals surface area contributed by atoms with Gasteiger partial charge >= 0.3 is 0 Å². The van der Waals surface area contributed by atoms with Crippen molar-refractivity contribution in [1.82, 2.24) is 4.98 Å². The van der Waals surface area contributed by atoms with Crippen LogP contribution in [0.4, 0.5) is 5.69 Å². The van der Waals surface area contributed by atoms with Crippen LogP contribution in [0.5, 0.6) is 0 Å². The summed E-state index contributed by atoms with van der Waals surface area (Å²) in [4.78, 5) is 4.16. The molecule has 0 aliphatic heterocycles. The molecule has 0 saturated carbocycles. The van der Waals surface area contributed by atoms with Gasteiger partial charge in [-0.05, 0) is 30.2 Å². The Morgan fingerprint density at radius 1 is 1.12 bits per heavy atom. The van der Waals surface area contributed by atoms with E-state index < -0.39 is 0 Å². The van der Waals surface area contributed by atoms with Gasteiger partial charge in [0.15, 0.2) is 0 Å². The van der Waals surface area contributed by atoms with Crippen LogP contribution in [0.2, 0.25) is 0 Å². The molecule has 3 heteroatoms. The lowest BCUT2D eigenvalue weighted by molar-refractivity contribution is 1.12. The van der Waals surface area contributed by atoms with E-state index in [4.69, 9.17) is 11.6 Å². The predicted octanol–water partition coefficient (Wildman–Crippen LogP) is 3.74. The Kier molecular flexibility index (Phi) is 3.99. The SMILES string of the molecule is Cc1cc(NCc2ccc(CCl)cc2)ccn1. The summed E-state index contributed by atoms with van der Waals surface area (Å²) < 4.78 is 0. The maximum atomic E-state index is 5.75. The first kappa shape index (κ1) is 11.9. The van der Waals surface area contributed by atoms with E-state index in [9.17, 15) is 0 Å². The van der Waals surface area contributed by atoms with Crippen LogP contribution in [0.3, 0.4) is 0 Å². The molecule has 0 saturated heterocycles.